The summed E-state index contributed by atoms with van der Waals surface area (Å²) in [6.07, 6.45) is 8.57. The quantitative estimate of drug-likeness (QED) is 0.625. The van der Waals surface area contributed by atoms with Gasteiger partial charge in [-0.3, -0.25) is 19.4 Å². The van der Waals surface area contributed by atoms with Crippen LogP contribution in [-0.2, 0) is 4.79 Å². The van der Waals surface area contributed by atoms with Gasteiger partial charge < -0.3 is 14.7 Å². The molecule has 7 nitrogen and oxygen atoms in total. The highest BCUT2D eigenvalue weighted by Crippen LogP contribution is 2.26. The first kappa shape index (κ1) is 24.6. The second-order valence-corrected chi connectivity index (χ2v) is 10.9. The minimum atomic E-state index is 0.181. The topological polar surface area (TPSA) is 50.3 Å². The van der Waals surface area contributed by atoms with E-state index in [2.05, 4.69) is 43.6 Å². The first-order valence-electron chi connectivity index (χ1n) is 14.0. The van der Waals surface area contributed by atoms with Crippen LogP contribution in [-0.4, -0.2) is 109 Å². The second kappa shape index (κ2) is 11.3. The molecular formula is C28H43N5O2. The molecule has 1 aromatic rings. The van der Waals surface area contributed by atoms with Crippen molar-refractivity contribution in [3.05, 3.63) is 29.8 Å². The van der Waals surface area contributed by atoms with Crippen molar-refractivity contribution < 1.29 is 9.59 Å². The lowest BCUT2D eigenvalue weighted by Gasteiger charge is -2.43. The van der Waals surface area contributed by atoms with E-state index in [9.17, 15) is 9.59 Å². The maximum absolute atomic E-state index is 13.1. The predicted molar refractivity (Wildman–Crippen MR) is 140 cm³/mol. The van der Waals surface area contributed by atoms with Gasteiger partial charge in [-0.2, -0.15) is 0 Å². The van der Waals surface area contributed by atoms with Crippen LogP contribution < -0.4 is 4.90 Å². The maximum Gasteiger partial charge on any atom is 0.254 e. The smallest absolute Gasteiger partial charge is 0.254 e. The number of likely N-dealkylation sites (tertiary alicyclic amines) is 1. The van der Waals surface area contributed by atoms with Crippen LogP contribution in [0.3, 0.4) is 0 Å². The summed E-state index contributed by atoms with van der Waals surface area (Å²) in [4.78, 5) is 37.4. The summed E-state index contributed by atoms with van der Waals surface area (Å²) < 4.78 is 0. The Hall–Kier alpha value is -2.12. The van der Waals surface area contributed by atoms with Gasteiger partial charge >= 0.3 is 0 Å². The largest absolute Gasteiger partial charge is 0.369 e. The Morgan fingerprint density at radius 2 is 1.51 bits per heavy atom. The minimum absolute atomic E-state index is 0.181. The van der Waals surface area contributed by atoms with Gasteiger partial charge in [-0.15, -0.1) is 0 Å². The molecule has 2 amide bonds. The van der Waals surface area contributed by atoms with Crippen molar-refractivity contribution in [2.45, 2.75) is 64.0 Å². The number of hydrogen-bond acceptors (Lipinski definition) is 5. The van der Waals surface area contributed by atoms with Crippen LogP contribution in [0.25, 0.3) is 0 Å². The highest BCUT2D eigenvalue weighted by atomic mass is 16.2. The van der Waals surface area contributed by atoms with Crippen LogP contribution in [0, 0.1) is 0 Å². The van der Waals surface area contributed by atoms with E-state index >= 15 is 0 Å². The van der Waals surface area contributed by atoms with E-state index in [-0.39, 0.29) is 11.8 Å². The van der Waals surface area contributed by atoms with Crippen molar-refractivity contribution in [2.24, 2.45) is 0 Å². The molecule has 1 atom stereocenters. The number of carbonyl (C=O) groups excluding carboxylic acids is 2. The molecule has 1 aromatic carbocycles. The van der Waals surface area contributed by atoms with Gasteiger partial charge in [0.2, 0.25) is 5.91 Å². The van der Waals surface area contributed by atoms with Crippen LogP contribution in [0.4, 0.5) is 5.69 Å². The lowest BCUT2D eigenvalue weighted by Crippen LogP contribution is -2.56. The Morgan fingerprint density at radius 1 is 0.800 bits per heavy atom. The molecule has 0 bridgehead atoms. The molecule has 3 aliphatic heterocycles. The van der Waals surface area contributed by atoms with Crippen molar-refractivity contribution in [3.63, 3.8) is 0 Å². The zero-order chi connectivity index (χ0) is 24.2. The summed E-state index contributed by atoms with van der Waals surface area (Å²) >= 11 is 0. The Labute approximate surface area is 211 Å². The van der Waals surface area contributed by atoms with Crippen LogP contribution >= 0.6 is 0 Å². The van der Waals surface area contributed by atoms with Crippen LogP contribution in [0.2, 0.25) is 0 Å². The molecule has 3 saturated heterocycles. The van der Waals surface area contributed by atoms with Gasteiger partial charge in [0.15, 0.2) is 0 Å². The van der Waals surface area contributed by atoms with E-state index in [4.69, 9.17) is 0 Å². The van der Waals surface area contributed by atoms with Gasteiger partial charge in [-0.1, -0.05) is 13.3 Å². The Kier molecular flexibility index (Phi) is 7.93. The van der Waals surface area contributed by atoms with Crippen molar-refractivity contribution >= 4 is 17.5 Å². The van der Waals surface area contributed by atoms with E-state index in [0.29, 0.717) is 12.6 Å². The molecule has 5 rings (SSSR count). The normalized spacial score (nSPS) is 24.9. The van der Waals surface area contributed by atoms with Gasteiger partial charge in [0.05, 0.1) is 6.54 Å². The van der Waals surface area contributed by atoms with Crippen LogP contribution in [0.1, 0.15) is 62.2 Å². The molecule has 3 heterocycles. The minimum Gasteiger partial charge on any atom is -0.369 e. The molecule has 0 aromatic heterocycles. The number of anilines is 1. The van der Waals surface area contributed by atoms with Crippen molar-refractivity contribution in [1.29, 1.82) is 0 Å². The molecule has 35 heavy (non-hydrogen) atoms. The van der Waals surface area contributed by atoms with Crippen LogP contribution in [0.5, 0.6) is 0 Å². The Balaban J connectivity index is 1.07. The van der Waals surface area contributed by atoms with E-state index in [1.165, 1.54) is 31.4 Å². The number of nitrogens with zero attached hydrogens (tertiary/aromatic N) is 5. The highest BCUT2D eigenvalue weighted by molar-refractivity contribution is 5.94. The summed E-state index contributed by atoms with van der Waals surface area (Å²) in [5, 5.41) is 0. The zero-order valence-corrected chi connectivity index (χ0v) is 21.5. The number of piperazine rings is 2. The fourth-order valence-electron chi connectivity index (χ4n) is 6.22. The summed E-state index contributed by atoms with van der Waals surface area (Å²) in [5.74, 6) is 0.470. The molecule has 4 fully saturated rings. The van der Waals surface area contributed by atoms with E-state index < -0.39 is 0 Å². The van der Waals surface area contributed by atoms with Gasteiger partial charge in [-0.25, -0.2) is 0 Å². The number of benzene rings is 1. The van der Waals surface area contributed by atoms with Gasteiger partial charge in [-0.05, 0) is 62.8 Å². The van der Waals surface area contributed by atoms with Crippen LogP contribution in [0.15, 0.2) is 24.3 Å². The Bertz CT molecular complexity index is 855. The molecular weight excluding hydrogens is 438 g/mol. The predicted octanol–water partition coefficient (Wildman–Crippen LogP) is 2.91. The molecule has 4 aliphatic rings. The van der Waals surface area contributed by atoms with Crippen molar-refractivity contribution in [1.82, 2.24) is 19.6 Å². The highest BCUT2D eigenvalue weighted by Gasteiger charge is 2.30. The lowest BCUT2D eigenvalue weighted by atomic mass is 9.91. The molecule has 0 radical (unpaired) electrons. The first-order chi connectivity index (χ1) is 17.1. The summed E-state index contributed by atoms with van der Waals surface area (Å²) in [5.41, 5.74) is 1.97. The molecule has 7 heteroatoms. The van der Waals surface area contributed by atoms with Gasteiger partial charge in [0.1, 0.15) is 0 Å². The third kappa shape index (κ3) is 5.67. The number of rotatable bonds is 6. The second-order valence-electron chi connectivity index (χ2n) is 10.9. The third-order valence-corrected chi connectivity index (χ3v) is 8.83. The summed E-state index contributed by atoms with van der Waals surface area (Å²) in [7, 11) is 0. The summed E-state index contributed by atoms with van der Waals surface area (Å²) in [6, 6.07) is 9.36. The molecule has 0 spiro atoms. The fourth-order valence-corrected chi connectivity index (χ4v) is 6.22. The SMILES string of the molecule is CCC1CCCCN1C(=O)c1ccc(N2CCN(CC(=O)N3CCN(C4CCC4)CC3)CC2)cc1. The number of hydrogen-bond donors (Lipinski definition) is 0. The first-order valence-corrected chi connectivity index (χ1v) is 14.0. The summed E-state index contributed by atoms with van der Waals surface area (Å²) in [6.45, 7) is 11.1. The maximum atomic E-state index is 13.1. The molecule has 1 aliphatic carbocycles. The van der Waals surface area contributed by atoms with Crippen molar-refractivity contribution in [3.8, 4) is 0 Å². The molecule has 1 unspecified atom stereocenters. The monoisotopic (exact) mass is 481 g/mol. The Morgan fingerprint density at radius 3 is 2.14 bits per heavy atom. The third-order valence-electron chi connectivity index (χ3n) is 8.83. The molecule has 192 valence electrons. The number of carbonyl (C=O) groups is 2. The molecule has 0 N–H and O–H groups in total. The van der Waals surface area contributed by atoms with Crippen molar-refractivity contribution in [2.75, 3.05) is 70.3 Å². The van der Waals surface area contributed by atoms with Gasteiger partial charge in [0.25, 0.3) is 5.91 Å². The number of amides is 2. The number of piperidine rings is 1. The average Bonchev–Trinajstić information content (AvgIpc) is 2.88. The lowest BCUT2D eigenvalue weighted by molar-refractivity contribution is -0.134. The molecule has 1 saturated carbocycles. The average molecular weight is 482 g/mol. The van der Waals surface area contributed by atoms with Gasteiger partial charge in [0, 0.05) is 82.2 Å². The van der Waals surface area contributed by atoms with E-state index in [1.807, 2.05) is 12.1 Å². The van der Waals surface area contributed by atoms with E-state index in [0.717, 1.165) is 89.8 Å². The standard InChI is InChI=1S/C28H43N5O2/c1-2-24-6-3-4-13-33(24)28(35)23-9-11-26(12-10-23)30-16-14-29(15-17-30)22-27(34)32-20-18-31(19-21-32)25-7-5-8-25/h9-12,24-25H,2-8,13-22H2,1H3. The van der Waals surface area contributed by atoms with E-state index in [1.54, 1.807) is 0 Å². The zero-order valence-electron chi connectivity index (χ0n) is 21.5. The fraction of sp³-hybridized carbons (Fsp3) is 0.714.